The Morgan fingerprint density at radius 3 is 2.36 bits per heavy atom. The van der Waals surface area contributed by atoms with Gasteiger partial charge >= 0.3 is 0 Å². The minimum atomic E-state index is -2.48. The standard InChI is InChI=1S/C8H13F2N/c1-7(6-2-3-6)8(9,10)4-5-11-7/h6,11H,2-5H2,1H3. The van der Waals surface area contributed by atoms with Crippen molar-refractivity contribution in [3.8, 4) is 0 Å². The molecule has 0 spiro atoms. The van der Waals surface area contributed by atoms with Crippen molar-refractivity contribution in [2.24, 2.45) is 5.92 Å². The first-order valence-corrected chi connectivity index (χ1v) is 4.19. The maximum atomic E-state index is 13.2. The molecule has 1 nitrogen and oxygen atoms in total. The SMILES string of the molecule is CC1(C2CC2)NCCC1(F)F. The molecule has 2 aliphatic rings. The lowest BCUT2D eigenvalue weighted by Gasteiger charge is -2.31. The fourth-order valence-corrected chi connectivity index (χ4v) is 1.97. The average molecular weight is 161 g/mol. The van der Waals surface area contributed by atoms with Crippen LogP contribution in [0.25, 0.3) is 0 Å². The van der Waals surface area contributed by atoms with Crippen molar-refractivity contribution >= 4 is 0 Å². The van der Waals surface area contributed by atoms with E-state index in [2.05, 4.69) is 5.32 Å². The van der Waals surface area contributed by atoms with E-state index in [1.807, 2.05) is 0 Å². The molecule has 0 aromatic carbocycles. The summed E-state index contributed by atoms with van der Waals surface area (Å²) in [5.41, 5.74) is -0.882. The van der Waals surface area contributed by atoms with Crippen molar-refractivity contribution in [2.75, 3.05) is 6.54 Å². The molecule has 3 heteroatoms. The normalized spacial score (nSPS) is 42.8. The van der Waals surface area contributed by atoms with Gasteiger partial charge < -0.3 is 5.32 Å². The highest BCUT2D eigenvalue weighted by atomic mass is 19.3. The quantitative estimate of drug-likeness (QED) is 0.618. The van der Waals surface area contributed by atoms with Gasteiger partial charge in [0, 0.05) is 13.0 Å². The van der Waals surface area contributed by atoms with Crippen molar-refractivity contribution in [3.63, 3.8) is 0 Å². The van der Waals surface area contributed by atoms with Crippen LogP contribution in [-0.4, -0.2) is 18.0 Å². The van der Waals surface area contributed by atoms with Crippen molar-refractivity contribution < 1.29 is 8.78 Å². The second-order valence-corrected chi connectivity index (χ2v) is 3.86. The van der Waals surface area contributed by atoms with Crippen molar-refractivity contribution in [1.82, 2.24) is 5.32 Å². The zero-order chi connectivity index (χ0) is 8.11. The molecule has 1 atom stereocenters. The summed E-state index contributed by atoms with van der Waals surface area (Å²) in [4.78, 5) is 0. The first kappa shape index (κ1) is 7.47. The molecule has 1 saturated carbocycles. The van der Waals surface area contributed by atoms with Crippen LogP contribution in [0.2, 0.25) is 0 Å². The Bertz CT molecular complexity index is 177. The highest BCUT2D eigenvalue weighted by Crippen LogP contribution is 2.50. The Balaban J connectivity index is 2.21. The van der Waals surface area contributed by atoms with Crippen LogP contribution in [0.3, 0.4) is 0 Å². The van der Waals surface area contributed by atoms with Crippen molar-refractivity contribution in [3.05, 3.63) is 0 Å². The van der Waals surface area contributed by atoms with Gasteiger partial charge in [0.15, 0.2) is 0 Å². The van der Waals surface area contributed by atoms with E-state index in [4.69, 9.17) is 0 Å². The predicted molar refractivity (Wildman–Crippen MR) is 38.7 cm³/mol. The zero-order valence-corrected chi connectivity index (χ0v) is 6.66. The monoisotopic (exact) mass is 161 g/mol. The van der Waals surface area contributed by atoms with Gasteiger partial charge in [-0.15, -0.1) is 0 Å². The van der Waals surface area contributed by atoms with E-state index in [1.165, 1.54) is 0 Å². The molecule has 1 heterocycles. The Kier molecular flexibility index (Phi) is 1.32. The number of hydrogen-bond donors (Lipinski definition) is 1. The van der Waals surface area contributed by atoms with Gasteiger partial charge in [0.2, 0.25) is 0 Å². The summed E-state index contributed by atoms with van der Waals surface area (Å²) in [6.45, 7) is 2.14. The summed E-state index contributed by atoms with van der Waals surface area (Å²) < 4.78 is 26.4. The summed E-state index contributed by atoms with van der Waals surface area (Å²) in [5.74, 6) is -2.26. The van der Waals surface area contributed by atoms with Crippen LogP contribution in [0.5, 0.6) is 0 Å². The largest absolute Gasteiger partial charge is 0.306 e. The fraction of sp³-hybridized carbons (Fsp3) is 1.00. The Hall–Kier alpha value is -0.180. The van der Waals surface area contributed by atoms with Crippen LogP contribution in [-0.2, 0) is 0 Å². The number of hydrogen-bond acceptors (Lipinski definition) is 1. The van der Waals surface area contributed by atoms with Crippen LogP contribution >= 0.6 is 0 Å². The molecule has 64 valence electrons. The van der Waals surface area contributed by atoms with Crippen LogP contribution in [0.4, 0.5) is 8.78 Å². The summed E-state index contributed by atoms with van der Waals surface area (Å²) in [6, 6.07) is 0. The average Bonchev–Trinajstić information content (AvgIpc) is 2.64. The van der Waals surface area contributed by atoms with Gasteiger partial charge in [-0.25, -0.2) is 8.78 Å². The lowest BCUT2D eigenvalue weighted by atomic mass is 9.90. The second kappa shape index (κ2) is 1.94. The van der Waals surface area contributed by atoms with Crippen LogP contribution in [0, 0.1) is 5.92 Å². The van der Waals surface area contributed by atoms with Gasteiger partial charge in [-0.1, -0.05) is 0 Å². The molecular formula is C8H13F2N. The summed E-state index contributed by atoms with van der Waals surface area (Å²) >= 11 is 0. The predicted octanol–water partition coefficient (Wildman–Crippen LogP) is 1.78. The van der Waals surface area contributed by atoms with Gasteiger partial charge in [0.1, 0.15) is 0 Å². The van der Waals surface area contributed by atoms with E-state index in [9.17, 15) is 8.78 Å². The van der Waals surface area contributed by atoms with Crippen molar-refractivity contribution in [2.45, 2.75) is 37.6 Å². The molecular weight excluding hydrogens is 148 g/mol. The lowest BCUT2D eigenvalue weighted by Crippen LogP contribution is -2.51. The van der Waals surface area contributed by atoms with Crippen LogP contribution in [0.1, 0.15) is 26.2 Å². The summed E-state index contributed by atoms with van der Waals surface area (Å²) in [6.07, 6.45) is 1.96. The van der Waals surface area contributed by atoms with E-state index < -0.39 is 11.5 Å². The minimum Gasteiger partial charge on any atom is -0.306 e. The zero-order valence-electron chi connectivity index (χ0n) is 6.66. The number of rotatable bonds is 1. The van der Waals surface area contributed by atoms with E-state index >= 15 is 0 Å². The molecule has 1 aliphatic carbocycles. The third-order valence-electron chi connectivity index (χ3n) is 3.08. The molecule has 1 saturated heterocycles. The molecule has 0 aromatic rings. The van der Waals surface area contributed by atoms with Gasteiger partial charge in [-0.2, -0.15) is 0 Å². The molecule has 1 N–H and O–H groups in total. The highest BCUT2D eigenvalue weighted by molar-refractivity contribution is 5.10. The number of alkyl halides is 2. The molecule has 0 radical (unpaired) electrons. The van der Waals surface area contributed by atoms with Crippen LogP contribution in [0.15, 0.2) is 0 Å². The molecule has 2 rings (SSSR count). The molecule has 0 amide bonds. The van der Waals surface area contributed by atoms with Gasteiger partial charge in [-0.05, 0) is 25.7 Å². The molecule has 1 aliphatic heterocycles. The molecule has 1 unspecified atom stereocenters. The smallest absolute Gasteiger partial charge is 0.267 e. The third kappa shape index (κ3) is 0.901. The van der Waals surface area contributed by atoms with E-state index in [-0.39, 0.29) is 12.3 Å². The number of halogens is 2. The van der Waals surface area contributed by atoms with Gasteiger partial charge in [0.25, 0.3) is 5.92 Å². The first-order chi connectivity index (χ1) is 5.06. The minimum absolute atomic E-state index is 0.0139. The maximum Gasteiger partial charge on any atom is 0.267 e. The third-order valence-corrected chi connectivity index (χ3v) is 3.08. The molecule has 0 bridgehead atoms. The second-order valence-electron chi connectivity index (χ2n) is 3.86. The fourth-order valence-electron chi connectivity index (χ4n) is 1.97. The Morgan fingerprint density at radius 2 is 2.00 bits per heavy atom. The van der Waals surface area contributed by atoms with Crippen LogP contribution < -0.4 is 5.32 Å². The van der Waals surface area contributed by atoms with E-state index in [0.717, 1.165) is 12.8 Å². The summed E-state index contributed by atoms with van der Waals surface area (Å²) in [7, 11) is 0. The Morgan fingerprint density at radius 1 is 1.36 bits per heavy atom. The highest BCUT2D eigenvalue weighted by Gasteiger charge is 2.60. The van der Waals surface area contributed by atoms with E-state index in [0.29, 0.717) is 6.54 Å². The molecule has 0 aromatic heterocycles. The summed E-state index contributed by atoms with van der Waals surface area (Å²) in [5, 5.41) is 2.94. The topological polar surface area (TPSA) is 12.0 Å². The molecule has 2 fully saturated rings. The maximum absolute atomic E-state index is 13.2. The Labute approximate surface area is 65.2 Å². The van der Waals surface area contributed by atoms with Crippen molar-refractivity contribution in [1.29, 1.82) is 0 Å². The first-order valence-electron chi connectivity index (χ1n) is 4.19. The molecule has 11 heavy (non-hydrogen) atoms. The van der Waals surface area contributed by atoms with Gasteiger partial charge in [-0.3, -0.25) is 0 Å². The lowest BCUT2D eigenvalue weighted by molar-refractivity contribution is -0.0620. The van der Waals surface area contributed by atoms with E-state index in [1.54, 1.807) is 6.92 Å². The van der Waals surface area contributed by atoms with Gasteiger partial charge in [0.05, 0.1) is 5.54 Å². The number of nitrogens with one attached hydrogen (secondary N) is 1.